The molecule has 2 aliphatic rings. The van der Waals surface area contributed by atoms with Crippen LogP contribution in [0.1, 0.15) is 43.6 Å². The molecule has 1 aromatic heterocycles. The maximum Gasteiger partial charge on any atom is 0.248 e. The standard InChI is InChI=1S/C14H19N5O2/c20-12-2-1-3-13(21)19(12)18-14-16-8-11(9-17-14)10-4-6-15-7-5-10/h8-10,15H,1-7H2,(H,16,17,18). The molecule has 0 spiro atoms. The Morgan fingerprint density at radius 1 is 1.10 bits per heavy atom. The fourth-order valence-corrected chi connectivity index (χ4v) is 2.74. The van der Waals surface area contributed by atoms with Gasteiger partial charge in [-0.3, -0.25) is 15.0 Å². The number of carbonyl (C=O) groups excluding carboxylic acids is 2. The molecule has 7 heteroatoms. The molecule has 2 fully saturated rings. The lowest BCUT2D eigenvalue weighted by molar-refractivity contribution is -0.146. The highest BCUT2D eigenvalue weighted by molar-refractivity contribution is 5.98. The van der Waals surface area contributed by atoms with E-state index in [4.69, 9.17) is 0 Å². The van der Waals surface area contributed by atoms with Gasteiger partial charge in [-0.25, -0.2) is 9.97 Å². The number of piperidine rings is 2. The van der Waals surface area contributed by atoms with Crippen LogP contribution < -0.4 is 10.7 Å². The third kappa shape index (κ3) is 3.18. The first-order valence-electron chi connectivity index (χ1n) is 7.39. The molecule has 0 atom stereocenters. The molecule has 112 valence electrons. The summed E-state index contributed by atoms with van der Waals surface area (Å²) in [6.07, 6.45) is 7.11. The topological polar surface area (TPSA) is 87.2 Å². The van der Waals surface area contributed by atoms with Gasteiger partial charge in [0.25, 0.3) is 0 Å². The largest absolute Gasteiger partial charge is 0.317 e. The number of amides is 2. The Hall–Kier alpha value is -2.02. The van der Waals surface area contributed by atoms with E-state index in [9.17, 15) is 9.59 Å². The van der Waals surface area contributed by atoms with Crippen LogP contribution in [0.3, 0.4) is 0 Å². The molecule has 7 nitrogen and oxygen atoms in total. The molecule has 0 saturated carbocycles. The predicted molar refractivity (Wildman–Crippen MR) is 76.2 cm³/mol. The summed E-state index contributed by atoms with van der Waals surface area (Å²) in [6, 6.07) is 0. The second-order valence-corrected chi connectivity index (χ2v) is 5.45. The lowest BCUT2D eigenvalue weighted by Gasteiger charge is -2.25. The van der Waals surface area contributed by atoms with Gasteiger partial charge in [-0.05, 0) is 43.8 Å². The summed E-state index contributed by atoms with van der Waals surface area (Å²) < 4.78 is 0. The SMILES string of the molecule is O=C1CCCC(=O)N1Nc1ncc(C2CCNCC2)cn1. The van der Waals surface area contributed by atoms with Crippen molar-refractivity contribution in [3.63, 3.8) is 0 Å². The van der Waals surface area contributed by atoms with Gasteiger partial charge in [0.2, 0.25) is 17.8 Å². The zero-order chi connectivity index (χ0) is 14.7. The van der Waals surface area contributed by atoms with Gasteiger partial charge in [-0.2, -0.15) is 5.01 Å². The number of imide groups is 1. The molecule has 0 aromatic carbocycles. The Bertz CT molecular complexity index is 509. The number of nitrogens with one attached hydrogen (secondary N) is 2. The molecule has 0 aliphatic carbocycles. The van der Waals surface area contributed by atoms with Crippen molar-refractivity contribution in [2.75, 3.05) is 18.5 Å². The molecule has 2 amide bonds. The molecule has 0 radical (unpaired) electrons. The number of nitrogens with zero attached hydrogens (tertiary/aromatic N) is 3. The van der Waals surface area contributed by atoms with Gasteiger partial charge >= 0.3 is 0 Å². The number of rotatable bonds is 3. The molecule has 2 aliphatic heterocycles. The normalized spacial score (nSPS) is 20.7. The molecule has 0 bridgehead atoms. The van der Waals surface area contributed by atoms with Crippen molar-refractivity contribution in [2.24, 2.45) is 0 Å². The van der Waals surface area contributed by atoms with Crippen LogP contribution in [-0.4, -0.2) is 39.9 Å². The Labute approximate surface area is 123 Å². The zero-order valence-electron chi connectivity index (χ0n) is 11.8. The maximum atomic E-state index is 11.7. The lowest BCUT2D eigenvalue weighted by atomic mass is 9.92. The Morgan fingerprint density at radius 3 is 2.33 bits per heavy atom. The summed E-state index contributed by atoms with van der Waals surface area (Å²) in [5.41, 5.74) is 3.82. The number of hydrogen-bond acceptors (Lipinski definition) is 6. The number of anilines is 1. The minimum Gasteiger partial charge on any atom is -0.317 e. The van der Waals surface area contributed by atoms with E-state index in [2.05, 4.69) is 20.7 Å². The summed E-state index contributed by atoms with van der Waals surface area (Å²) in [7, 11) is 0. The molecular weight excluding hydrogens is 270 g/mol. The number of aromatic nitrogens is 2. The van der Waals surface area contributed by atoms with E-state index in [1.54, 1.807) is 12.4 Å². The van der Waals surface area contributed by atoms with Crippen LogP contribution in [0.25, 0.3) is 0 Å². The predicted octanol–water partition coefficient (Wildman–Crippen LogP) is 0.810. The highest BCUT2D eigenvalue weighted by Crippen LogP contribution is 2.24. The van der Waals surface area contributed by atoms with Gasteiger partial charge in [0.05, 0.1) is 0 Å². The highest BCUT2D eigenvalue weighted by atomic mass is 16.2. The van der Waals surface area contributed by atoms with Gasteiger partial charge in [0, 0.05) is 25.2 Å². The van der Waals surface area contributed by atoms with Crippen molar-refractivity contribution >= 4 is 17.8 Å². The molecule has 21 heavy (non-hydrogen) atoms. The molecule has 3 rings (SSSR count). The zero-order valence-corrected chi connectivity index (χ0v) is 11.8. The van der Waals surface area contributed by atoms with Crippen LogP contribution in [-0.2, 0) is 9.59 Å². The van der Waals surface area contributed by atoms with Crippen LogP contribution in [0.2, 0.25) is 0 Å². The molecule has 2 N–H and O–H groups in total. The second-order valence-electron chi connectivity index (χ2n) is 5.45. The van der Waals surface area contributed by atoms with Crippen LogP contribution in [0, 0.1) is 0 Å². The molecular formula is C14H19N5O2. The fourth-order valence-electron chi connectivity index (χ4n) is 2.74. The summed E-state index contributed by atoms with van der Waals surface area (Å²) in [5, 5.41) is 4.36. The van der Waals surface area contributed by atoms with Crippen molar-refractivity contribution in [1.82, 2.24) is 20.3 Å². The van der Waals surface area contributed by atoms with Gasteiger partial charge in [0.1, 0.15) is 0 Å². The monoisotopic (exact) mass is 289 g/mol. The van der Waals surface area contributed by atoms with Crippen molar-refractivity contribution in [2.45, 2.75) is 38.0 Å². The molecule has 2 saturated heterocycles. The highest BCUT2D eigenvalue weighted by Gasteiger charge is 2.26. The van der Waals surface area contributed by atoms with E-state index in [1.165, 1.54) is 0 Å². The number of carbonyl (C=O) groups is 2. The third-order valence-corrected chi connectivity index (χ3v) is 3.97. The van der Waals surface area contributed by atoms with E-state index >= 15 is 0 Å². The third-order valence-electron chi connectivity index (χ3n) is 3.97. The maximum absolute atomic E-state index is 11.7. The van der Waals surface area contributed by atoms with Crippen molar-refractivity contribution < 1.29 is 9.59 Å². The minimum atomic E-state index is -0.225. The van der Waals surface area contributed by atoms with Crippen LogP contribution in [0.4, 0.5) is 5.95 Å². The van der Waals surface area contributed by atoms with Gasteiger partial charge < -0.3 is 5.32 Å². The smallest absolute Gasteiger partial charge is 0.248 e. The average molecular weight is 289 g/mol. The van der Waals surface area contributed by atoms with E-state index in [0.717, 1.165) is 36.5 Å². The Morgan fingerprint density at radius 2 is 1.71 bits per heavy atom. The molecule has 1 aromatic rings. The molecule has 0 unspecified atom stereocenters. The van der Waals surface area contributed by atoms with Gasteiger partial charge in [-0.15, -0.1) is 0 Å². The van der Waals surface area contributed by atoms with E-state index < -0.39 is 0 Å². The Kier molecular flexibility index (Phi) is 4.10. The van der Waals surface area contributed by atoms with Crippen molar-refractivity contribution in [3.8, 4) is 0 Å². The summed E-state index contributed by atoms with van der Waals surface area (Å²) in [4.78, 5) is 31.9. The summed E-state index contributed by atoms with van der Waals surface area (Å²) in [5.74, 6) is 0.324. The van der Waals surface area contributed by atoms with E-state index in [-0.39, 0.29) is 17.8 Å². The van der Waals surface area contributed by atoms with Crippen LogP contribution >= 0.6 is 0 Å². The Balaban J connectivity index is 1.66. The first-order chi connectivity index (χ1) is 10.2. The summed E-state index contributed by atoms with van der Waals surface area (Å²) in [6.45, 7) is 2.03. The first kappa shape index (κ1) is 13.9. The van der Waals surface area contributed by atoms with Crippen LogP contribution in [0.15, 0.2) is 12.4 Å². The second kappa shape index (κ2) is 6.17. The van der Waals surface area contributed by atoms with Crippen molar-refractivity contribution in [1.29, 1.82) is 0 Å². The van der Waals surface area contributed by atoms with Crippen LogP contribution in [0.5, 0.6) is 0 Å². The average Bonchev–Trinajstić information content (AvgIpc) is 2.53. The first-order valence-corrected chi connectivity index (χ1v) is 7.39. The molecule has 3 heterocycles. The minimum absolute atomic E-state index is 0.225. The quantitative estimate of drug-likeness (QED) is 0.801. The number of hydrogen-bond donors (Lipinski definition) is 2. The van der Waals surface area contributed by atoms with E-state index in [0.29, 0.717) is 25.2 Å². The van der Waals surface area contributed by atoms with Crippen molar-refractivity contribution in [3.05, 3.63) is 18.0 Å². The number of hydrazine groups is 1. The van der Waals surface area contributed by atoms with E-state index in [1.807, 2.05) is 0 Å². The lowest BCUT2D eigenvalue weighted by Crippen LogP contribution is -2.44. The fraction of sp³-hybridized carbons (Fsp3) is 0.571. The van der Waals surface area contributed by atoms with Gasteiger partial charge in [0.15, 0.2) is 0 Å². The summed E-state index contributed by atoms with van der Waals surface area (Å²) >= 11 is 0. The van der Waals surface area contributed by atoms with Gasteiger partial charge in [-0.1, -0.05) is 0 Å².